The third-order valence-corrected chi connectivity index (χ3v) is 9.88. The second kappa shape index (κ2) is 15.3. The molecule has 2 heterocycles. The number of nitrogens with zero attached hydrogens (tertiary/aromatic N) is 4. The molecule has 0 unspecified atom stereocenters. The zero-order valence-corrected chi connectivity index (χ0v) is 30.2. The van der Waals surface area contributed by atoms with Crippen molar-refractivity contribution < 1.29 is 14.7 Å². The van der Waals surface area contributed by atoms with Crippen LogP contribution < -0.4 is 10.2 Å². The number of aryl methyl sites for hydroxylation is 1. The number of carbonyl (C=O) groups excluding carboxylic acids is 2. The molecule has 2 N–H and O–H groups in total. The quantitative estimate of drug-likeness (QED) is 0.139. The van der Waals surface area contributed by atoms with E-state index in [1.165, 1.54) is 11.3 Å². The molecule has 0 aliphatic heterocycles. The van der Waals surface area contributed by atoms with Gasteiger partial charge in [0.1, 0.15) is 5.01 Å². The van der Waals surface area contributed by atoms with Crippen LogP contribution in [0.1, 0.15) is 69.2 Å². The fourth-order valence-corrected chi connectivity index (χ4v) is 6.66. The van der Waals surface area contributed by atoms with E-state index in [0.717, 1.165) is 33.1 Å². The maximum absolute atomic E-state index is 14.3. The number of aliphatic hydroxyl groups is 1. The van der Waals surface area contributed by atoms with Crippen molar-refractivity contribution in [3.8, 4) is 11.1 Å². The summed E-state index contributed by atoms with van der Waals surface area (Å²) in [5.74, 6) is -0.390. The van der Waals surface area contributed by atoms with Gasteiger partial charge in [0.15, 0.2) is 0 Å². The van der Waals surface area contributed by atoms with E-state index < -0.39 is 17.6 Å². The van der Waals surface area contributed by atoms with Gasteiger partial charge in [0.2, 0.25) is 0 Å². The maximum atomic E-state index is 14.3. The summed E-state index contributed by atoms with van der Waals surface area (Å²) >= 11 is 7.84. The smallest absolute Gasteiger partial charge is 0.254 e. The predicted octanol–water partition coefficient (Wildman–Crippen LogP) is 7.71. The molecule has 0 radical (unpaired) electrons. The number of hydrogen-bond donors (Lipinski definition) is 2. The van der Waals surface area contributed by atoms with E-state index in [1.54, 1.807) is 48.5 Å². The van der Waals surface area contributed by atoms with Gasteiger partial charge in [-0.15, -0.1) is 11.3 Å². The summed E-state index contributed by atoms with van der Waals surface area (Å²) in [6, 6.07) is 23.9. The number of benzene rings is 3. The third kappa shape index (κ3) is 8.54. The molecule has 2 aromatic heterocycles. The number of pyridine rings is 1. The van der Waals surface area contributed by atoms with Crippen LogP contribution in [0.15, 0.2) is 96.6 Å². The van der Waals surface area contributed by atoms with Gasteiger partial charge in [0.05, 0.1) is 30.1 Å². The van der Waals surface area contributed by atoms with Crippen molar-refractivity contribution in [1.82, 2.24) is 20.2 Å². The van der Waals surface area contributed by atoms with Crippen LogP contribution in [-0.2, 0) is 12.1 Å². The van der Waals surface area contributed by atoms with Crippen LogP contribution in [0.3, 0.4) is 0 Å². The van der Waals surface area contributed by atoms with Crippen LogP contribution in [0.2, 0.25) is 5.02 Å². The van der Waals surface area contributed by atoms with Gasteiger partial charge in [-0.25, -0.2) is 4.98 Å². The lowest BCUT2D eigenvalue weighted by Gasteiger charge is -2.38. The highest BCUT2D eigenvalue weighted by atomic mass is 35.5. The first kappa shape index (κ1) is 35.7. The molecule has 49 heavy (non-hydrogen) atoms. The average molecular weight is 696 g/mol. The van der Waals surface area contributed by atoms with Crippen molar-refractivity contribution in [3.05, 3.63) is 135 Å². The minimum absolute atomic E-state index is 0.211. The Hall–Kier alpha value is -4.57. The summed E-state index contributed by atoms with van der Waals surface area (Å²) in [7, 11) is 3.62. The van der Waals surface area contributed by atoms with Gasteiger partial charge in [-0.2, -0.15) is 0 Å². The Balaban J connectivity index is 1.49. The molecule has 0 saturated heterocycles. The molecular weight excluding hydrogens is 654 g/mol. The normalized spacial score (nSPS) is 13.1. The highest BCUT2D eigenvalue weighted by molar-refractivity contribution is 7.09. The first-order chi connectivity index (χ1) is 23.3. The molecule has 0 aliphatic carbocycles. The number of carbonyl (C=O) groups is 2. The van der Waals surface area contributed by atoms with Gasteiger partial charge in [0.25, 0.3) is 11.8 Å². The van der Waals surface area contributed by atoms with Gasteiger partial charge in [0, 0.05) is 54.1 Å². The molecule has 10 heteroatoms. The largest absolute Gasteiger partial charge is 0.388 e. The van der Waals surface area contributed by atoms with E-state index in [1.807, 2.05) is 79.8 Å². The predicted molar refractivity (Wildman–Crippen MR) is 198 cm³/mol. The van der Waals surface area contributed by atoms with Gasteiger partial charge >= 0.3 is 0 Å². The Bertz CT molecular complexity index is 1930. The van der Waals surface area contributed by atoms with Crippen LogP contribution in [0.5, 0.6) is 0 Å². The van der Waals surface area contributed by atoms with Crippen LogP contribution in [-0.4, -0.2) is 58.5 Å². The second-order valence-corrected chi connectivity index (χ2v) is 14.3. The van der Waals surface area contributed by atoms with Crippen molar-refractivity contribution in [2.24, 2.45) is 0 Å². The molecular formula is C39H42ClN5O3S. The summed E-state index contributed by atoms with van der Waals surface area (Å²) in [4.78, 5) is 40.5. The number of aliphatic hydroxyl groups excluding tert-OH is 1. The Morgan fingerprint density at radius 3 is 2.37 bits per heavy atom. The zero-order valence-electron chi connectivity index (χ0n) is 28.6. The van der Waals surface area contributed by atoms with Gasteiger partial charge < -0.3 is 20.2 Å². The van der Waals surface area contributed by atoms with Gasteiger partial charge in [-0.1, -0.05) is 67.9 Å². The lowest BCUT2D eigenvalue weighted by Crippen LogP contribution is -2.55. The van der Waals surface area contributed by atoms with Crippen molar-refractivity contribution >= 4 is 40.4 Å². The number of aromatic nitrogens is 2. The molecule has 254 valence electrons. The molecule has 0 fully saturated rings. The lowest BCUT2D eigenvalue weighted by atomic mass is 9.85. The summed E-state index contributed by atoms with van der Waals surface area (Å²) in [6.07, 6.45) is 2.58. The van der Waals surface area contributed by atoms with Crippen LogP contribution in [0.4, 0.5) is 5.69 Å². The molecule has 5 rings (SSSR count). The number of hydrogen-bond acceptors (Lipinski definition) is 7. The van der Waals surface area contributed by atoms with Crippen molar-refractivity contribution in [1.29, 1.82) is 0 Å². The SMILES string of the molecule is Cc1csc(CN(C)C(=O)c2cc(C(=O)N[C@@](C)(c3ccccc3)[C@H](O)CN(C)c3cncc(C(C)C)c3)cc(-c3cccc(Cl)c3)c2)n1. The fraction of sp³-hybridized carbons (Fsp3) is 0.282. The summed E-state index contributed by atoms with van der Waals surface area (Å²) in [6.45, 7) is 8.50. The molecule has 8 nitrogen and oxygen atoms in total. The monoisotopic (exact) mass is 695 g/mol. The Labute approximate surface area is 297 Å². The minimum Gasteiger partial charge on any atom is -0.388 e. The number of nitrogens with one attached hydrogen (secondary N) is 1. The van der Waals surface area contributed by atoms with Crippen LogP contribution in [0.25, 0.3) is 11.1 Å². The first-order valence-corrected chi connectivity index (χ1v) is 17.4. The van der Waals surface area contributed by atoms with E-state index >= 15 is 0 Å². The summed E-state index contributed by atoms with van der Waals surface area (Å²) in [5, 5.41) is 18.3. The van der Waals surface area contributed by atoms with E-state index in [2.05, 4.69) is 35.2 Å². The Morgan fingerprint density at radius 2 is 1.69 bits per heavy atom. The van der Waals surface area contributed by atoms with Crippen LogP contribution >= 0.6 is 22.9 Å². The first-order valence-electron chi connectivity index (χ1n) is 16.1. The molecule has 5 aromatic rings. The second-order valence-electron chi connectivity index (χ2n) is 12.9. The van der Waals surface area contributed by atoms with Crippen LogP contribution in [0, 0.1) is 6.92 Å². The van der Waals surface area contributed by atoms with Crippen molar-refractivity contribution in [2.45, 2.75) is 51.8 Å². The Kier molecular flexibility index (Phi) is 11.2. The number of likely N-dealkylation sites (N-methyl/N-ethyl adjacent to an activating group) is 1. The minimum atomic E-state index is -1.20. The standard InChI is InChI=1S/C39H42ClN5O3S/c1-25(2)31-19-34(21-41-20-31)44(5)22-35(46)39(4,32-12-8-7-9-13-32)43-37(47)29-15-28(27-11-10-14-33(40)18-27)16-30(17-29)38(48)45(6)23-36-42-26(3)24-49-36/h7-21,24-25,35,46H,22-23H2,1-6H3,(H,43,47)/t35-,39+/m1/s1. The zero-order chi connectivity index (χ0) is 35.3. The number of rotatable bonds is 12. The molecule has 0 spiro atoms. The highest BCUT2D eigenvalue weighted by Crippen LogP contribution is 2.30. The summed E-state index contributed by atoms with van der Waals surface area (Å²) in [5.41, 5.74) is 4.43. The third-order valence-electron chi connectivity index (χ3n) is 8.70. The fourth-order valence-electron chi connectivity index (χ4n) is 5.64. The van der Waals surface area contributed by atoms with Gasteiger partial charge in [-0.3, -0.25) is 14.6 Å². The number of amides is 2. The molecule has 2 amide bonds. The number of anilines is 1. The average Bonchev–Trinajstić information content (AvgIpc) is 3.51. The van der Waals surface area contributed by atoms with E-state index in [-0.39, 0.29) is 18.0 Å². The topological polar surface area (TPSA) is 98.7 Å². The highest BCUT2D eigenvalue weighted by Gasteiger charge is 2.38. The number of halogens is 1. The number of thiazole rings is 1. The maximum Gasteiger partial charge on any atom is 0.254 e. The van der Waals surface area contributed by atoms with Gasteiger partial charge in [-0.05, 0) is 78.4 Å². The molecule has 0 aliphatic rings. The summed E-state index contributed by atoms with van der Waals surface area (Å²) < 4.78 is 0. The Morgan fingerprint density at radius 1 is 0.959 bits per heavy atom. The molecule has 2 atom stereocenters. The molecule has 0 bridgehead atoms. The molecule has 0 saturated carbocycles. The van der Waals surface area contributed by atoms with Crippen molar-refractivity contribution in [2.75, 3.05) is 25.5 Å². The molecule has 3 aromatic carbocycles. The van der Waals surface area contributed by atoms with E-state index in [0.29, 0.717) is 28.6 Å². The van der Waals surface area contributed by atoms with E-state index in [4.69, 9.17) is 11.6 Å². The van der Waals surface area contributed by atoms with E-state index in [9.17, 15) is 14.7 Å². The van der Waals surface area contributed by atoms with Crippen molar-refractivity contribution in [3.63, 3.8) is 0 Å². The lowest BCUT2D eigenvalue weighted by molar-refractivity contribution is 0.0593.